The minimum Gasteiger partial charge on any atom is -0.394 e. The third-order valence-electron chi connectivity index (χ3n) is 3.59. The van der Waals surface area contributed by atoms with E-state index in [2.05, 4.69) is 10.3 Å². The van der Waals surface area contributed by atoms with Crippen molar-refractivity contribution in [3.63, 3.8) is 0 Å². The largest absolute Gasteiger partial charge is 0.394 e. The molecule has 0 atom stereocenters. The first kappa shape index (κ1) is 11.3. The van der Waals surface area contributed by atoms with E-state index in [9.17, 15) is 9.90 Å². The number of benzene rings is 1. The second kappa shape index (κ2) is 4.14. The van der Waals surface area contributed by atoms with Gasteiger partial charge in [-0.05, 0) is 24.5 Å². The average Bonchev–Trinajstić information content (AvgIpc) is 3.04. The molecule has 1 fully saturated rings. The number of aromatic nitrogens is 1. The standard InChI is InChI=1S/C14H16N2O2/c17-9-14(5-6-14)16-13(18)7-10-8-15-12-4-2-1-3-11(10)12/h1-4,8,15,17H,5-7,9H2,(H,16,18). The number of fused-ring (bicyclic) bond motifs is 1. The molecule has 94 valence electrons. The van der Waals surface area contributed by atoms with Gasteiger partial charge in [-0.3, -0.25) is 4.79 Å². The zero-order chi connectivity index (χ0) is 12.6. The van der Waals surface area contributed by atoms with E-state index >= 15 is 0 Å². The van der Waals surface area contributed by atoms with E-state index in [0.717, 1.165) is 29.3 Å². The molecule has 1 aromatic heterocycles. The number of para-hydroxylation sites is 1. The van der Waals surface area contributed by atoms with Crippen molar-refractivity contribution in [3.05, 3.63) is 36.0 Å². The van der Waals surface area contributed by atoms with Crippen molar-refractivity contribution >= 4 is 16.8 Å². The Kier molecular flexibility index (Phi) is 2.59. The highest BCUT2D eigenvalue weighted by molar-refractivity contribution is 5.89. The Bertz CT molecular complexity index is 584. The summed E-state index contributed by atoms with van der Waals surface area (Å²) in [4.78, 5) is 15.1. The minimum absolute atomic E-state index is 0.0219. The Balaban J connectivity index is 1.74. The number of hydrogen-bond acceptors (Lipinski definition) is 2. The van der Waals surface area contributed by atoms with E-state index in [4.69, 9.17) is 0 Å². The first-order valence-electron chi connectivity index (χ1n) is 6.19. The Morgan fingerprint density at radius 3 is 2.89 bits per heavy atom. The molecule has 1 heterocycles. The third kappa shape index (κ3) is 1.99. The van der Waals surface area contributed by atoms with Crippen molar-refractivity contribution in [1.82, 2.24) is 10.3 Å². The predicted octanol–water partition coefficient (Wildman–Crippen LogP) is 1.35. The van der Waals surface area contributed by atoms with Crippen LogP contribution in [0.2, 0.25) is 0 Å². The average molecular weight is 244 g/mol. The molecule has 0 aliphatic heterocycles. The van der Waals surface area contributed by atoms with Crippen molar-refractivity contribution in [2.24, 2.45) is 0 Å². The number of nitrogens with one attached hydrogen (secondary N) is 2. The van der Waals surface area contributed by atoms with Gasteiger partial charge in [0.25, 0.3) is 0 Å². The number of hydrogen-bond donors (Lipinski definition) is 3. The van der Waals surface area contributed by atoms with Gasteiger partial charge in [0, 0.05) is 17.1 Å². The van der Waals surface area contributed by atoms with Gasteiger partial charge in [0.05, 0.1) is 18.6 Å². The van der Waals surface area contributed by atoms with E-state index < -0.39 is 0 Å². The molecule has 3 rings (SSSR count). The lowest BCUT2D eigenvalue weighted by Crippen LogP contribution is -2.40. The molecule has 4 nitrogen and oxygen atoms in total. The van der Waals surface area contributed by atoms with E-state index in [1.165, 1.54) is 0 Å². The molecule has 1 amide bonds. The van der Waals surface area contributed by atoms with Crippen LogP contribution >= 0.6 is 0 Å². The highest BCUT2D eigenvalue weighted by Crippen LogP contribution is 2.34. The molecule has 2 aromatic rings. The number of aliphatic hydroxyl groups excluding tert-OH is 1. The second-order valence-corrected chi connectivity index (χ2v) is 5.02. The molecular formula is C14H16N2O2. The molecule has 0 unspecified atom stereocenters. The Labute approximate surface area is 105 Å². The Morgan fingerprint density at radius 1 is 1.39 bits per heavy atom. The normalized spacial score (nSPS) is 16.7. The van der Waals surface area contributed by atoms with Crippen LogP contribution in [0.5, 0.6) is 0 Å². The van der Waals surface area contributed by atoms with Crippen LogP contribution in [-0.4, -0.2) is 28.1 Å². The SMILES string of the molecule is O=C(Cc1c[nH]c2ccccc12)NC1(CO)CC1. The van der Waals surface area contributed by atoms with Gasteiger partial charge in [0.15, 0.2) is 0 Å². The maximum atomic E-state index is 11.9. The summed E-state index contributed by atoms with van der Waals surface area (Å²) in [7, 11) is 0. The number of aromatic amines is 1. The van der Waals surface area contributed by atoms with E-state index in [1.807, 2.05) is 30.5 Å². The van der Waals surface area contributed by atoms with Crippen LogP contribution in [0.15, 0.2) is 30.5 Å². The van der Waals surface area contributed by atoms with Crippen molar-refractivity contribution in [2.45, 2.75) is 24.8 Å². The van der Waals surface area contributed by atoms with Crippen molar-refractivity contribution in [3.8, 4) is 0 Å². The Hall–Kier alpha value is -1.81. The minimum atomic E-state index is -0.330. The topological polar surface area (TPSA) is 65.1 Å². The fourth-order valence-corrected chi connectivity index (χ4v) is 2.26. The molecule has 0 spiro atoms. The number of amides is 1. The van der Waals surface area contributed by atoms with Crippen LogP contribution in [-0.2, 0) is 11.2 Å². The smallest absolute Gasteiger partial charge is 0.225 e. The molecule has 0 radical (unpaired) electrons. The van der Waals surface area contributed by atoms with E-state index in [-0.39, 0.29) is 18.1 Å². The molecule has 0 bridgehead atoms. The van der Waals surface area contributed by atoms with Gasteiger partial charge in [-0.15, -0.1) is 0 Å². The molecular weight excluding hydrogens is 228 g/mol. The third-order valence-corrected chi connectivity index (χ3v) is 3.59. The zero-order valence-corrected chi connectivity index (χ0v) is 10.1. The maximum Gasteiger partial charge on any atom is 0.225 e. The summed E-state index contributed by atoms with van der Waals surface area (Å²) in [5.41, 5.74) is 1.71. The number of carbonyl (C=O) groups is 1. The summed E-state index contributed by atoms with van der Waals surface area (Å²) in [6.07, 6.45) is 3.99. The van der Waals surface area contributed by atoms with Crippen molar-refractivity contribution in [1.29, 1.82) is 0 Å². The molecule has 1 aliphatic carbocycles. The summed E-state index contributed by atoms with van der Waals surface area (Å²) in [5.74, 6) is -0.0219. The van der Waals surface area contributed by atoms with Crippen molar-refractivity contribution in [2.75, 3.05) is 6.61 Å². The van der Waals surface area contributed by atoms with Crippen LogP contribution < -0.4 is 5.32 Å². The molecule has 1 aliphatic rings. The van der Waals surface area contributed by atoms with Gasteiger partial charge >= 0.3 is 0 Å². The highest BCUT2D eigenvalue weighted by atomic mass is 16.3. The lowest BCUT2D eigenvalue weighted by molar-refractivity contribution is -0.121. The number of carbonyl (C=O) groups excluding carboxylic acids is 1. The fourth-order valence-electron chi connectivity index (χ4n) is 2.26. The fraction of sp³-hybridized carbons (Fsp3) is 0.357. The second-order valence-electron chi connectivity index (χ2n) is 5.02. The van der Waals surface area contributed by atoms with Crippen LogP contribution in [0.4, 0.5) is 0 Å². The van der Waals surface area contributed by atoms with E-state index in [1.54, 1.807) is 0 Å². The summed E-state index contributed by atoms with van der Waals surface area (Å²) < 4.78 is 0. The molecule has 1 aromatic carbocycles. The molecule has 1 saturated carbocycles. The van der Waals surface area contributed by atoms with E-state index in [0.29, 0.717) is 6.42 Å². The Morgan fingerprint density at radius 2 is 2.17 bits per heavy atom. The summed E-state index contributed by atoms with van der Waals surface area (Å²) in [6, 6.07) is 7.93. The molecule has 4 heteroatoms. The number of rotatable bonds is 4. The highest BCUT2D eigenvalue weighted by Gasteiger charge is 2.43. The summed E-state index contributed by atoms with van der Waals surface area (Å²) in [6.45, 7) is 0.0343. The maximum absolute atomic E-state index is 11.9. The molecule has 0 saturated heterocycles. The quantitative estimate of drug-likeness (QED) is 0.760. The predicted molar refractivity (Wildman–Crippen MR) is 69.2 cm³/mol. The van der Waals surface area contributed by atoms with Gasteiger partial charge in [0.1, 0.15) is 0 Å². The lowest BCUT2D eigenvalue weighted by atomic mass is 10.1. The van der Waals surface area contributed by atoms with Gasteiger partial charge in [0.2, 0.25) is 5.91 Å². The lowest BCUT2D eigenvalue weighted by Gasteiger charge is -2.13. The van der Waals surface area contributed by atoms with Gasteiger partial charge in [-0.1, -0.05) is 18.2 Å². The van der Waals surface area contributed by atoms with Gasteiger partial charge in [-0.25, -0.2) is 0 Å². The molecule has 3 N–H and O–H groups in total. The van der Waals surface area contributed by atoms with Crippen LogP contribution in [0.3, 0.4) is 0 Å². The van der Waals surface area contributed by atoms with Crippen LogP contribution in [0.1, 0.15) is 18.4 Å². The summed E-state index contributed by atoms with van der Waals surface area (Å²) in [5, 5.41) is 13.2. The van der Waals surface area contributed by atoms with Crippen molar-refractivity contribution < 1.29 is 9.90 Å². The zero-order valence-electron chi connectivity index (χ0n) is 10.1. The number of H-pyrrole nitrogens is 1. The van der Waals surface area contributed by atoms with Gasteiger partial charge < -0.3 is 15.4 Å². The number of aliphatic hydroxyl groups is 1. The first-order chi connectivity index (χ1) is 8.72. The van der Waals surface area contributed by atoms with Crippen LogP contribution in [0, 0.1) is 0 Å². The van der Waals surface area contributed by atoms with Gasteiger partial charge in [-0.2, -0.15) is 0 Å². The monoisotopic (exact) mass is 244 g/mol. The summed E-state index contributed by atoms with van der Waals surface area (Å²) >= 11 is 0. The molecule has 18 heavy (non-hydrogen) atoms. The van der Waals surface area contributed by atoms with Crippen LogP contribution in [0.25, 0.3) is 10.9 Å². The first-order valence-corrected chi connectivity index (χ1v) is 6.19.